The van der Waals surface area contributed by atoms with E-state index in [-0.39, 0.29) is 25.0 Å². The fourth-order valence-electron chi connectivity index (χ4n) is 2.77. The lowest BCUT2D eigenvalue weighted by Gasteiger charge is -2.24. The number of carboxylic acid groups (broad SMARTS) is 2. The molecule has 3 amide bonds. The Morgan fingerprint density at radius 2 is 1.68 bits per heavy atom. The second-order valence-corrected chi connectivity index (χ2v) is 8.66. The fraction of sp³-hybridized carbons (Fsp3) is 0.579. The summed E-state index contributed by atoms with van der Waals surface area (Å²) >= 11 is 5.50. The van der Waals surface area contributed by atoms with Crippen LogP contribution in [0.15, 0.2) is 12.5 Å². The standard InChI is InChI=1S/C19H30N6O7S2/c1-34-5-4-12(23-16(28)11(20)6-10-7-21-9-22-10)17(29)25-14(8-33)18(30)24-13(19(31)32)2-3-15(26)27/h7,9,11-14,33H,2-6,8,20H2,1H3,(H,21,22)(H,23,28)(H,24,30)(H,25,29)(H,26,27)(H,31,32). The minimum Gasteiger partial charge on any atom is -0.481 e. The molecule has 1 aromatic heterocycles. The summed E-state index contributed by atoms with van der Waals surface area (Å²) in [6.45, 7) is 0. The maximum absolute atomic E-state index is 12.8. The molecule has 0 radical (unpaired) electrons. The van der Waals surface area contributed by atoms with E-state index in [9.17, 15) is 29.1 Å². The summed E-state index contributed by atoms with van der Waals surface area (Å²) in [4.78, 5) is 66.6. The number of amides is 3. The summed E-state index contributed by atoms with van der Waals surface area (Å²) in [5.74, 6) is -4.32. The number of carbonyl (C=O) groups excluding carboxylic acids is 3. The number of hydrogen-bond acceptors (Lipinski definition) is 9. The largest absolute Gasteiger partial charge is 0.481 e. The van der Waals surface area contributed by atoms with Crippen molar-refractivity contribution in [2.75, 3.05) is 17.8 Å². The van der Waals surface area contributed by atoms with Crippen molar-refractivity contribution in [3.63, 3.8) is 0 Å². The van der Waals surface area contributed by atoms with Crippen LogP contribution < -0.4 is 21.7 Å². The van der Waals surface area contributed by atoms with Gasteiger partial charge in [-0.2, -0.15) is 24.4 Å². The molecule has 1 aromatic rings. The number of aromatic amines is 1. The normalized spacial score (nSPS) is 14.3. The Bertz CT molecular complexity index is 839. The number of nitrogens with two attached hydrogens (primary N) is 1. The molecule has 15 heteroatoms. The number of carbonyl (C=O) groups is 5. The summed E-state index contributed by atoms with van der Waals surface area (Å²) < 4.78 is 0. The SMILES string of the molecule is CSCCC(NC(=O)C(N)Cc1cnc[nH]1)C(=O)NC(CS)C(=O)NC(CCC(=O)O)C(=O)O. The van der Waals surface area contributed by atoms with Crippen molar-refractivity contribution in [3.05, 3.63) is 18.2 Å². The molecule has 0 saturated carbocycles. The Morgan fingerprint density at radius 3 is 2.21 bits per heavy atom. The van der Waals surface area contributed by atoms with Gasteiger partial charge in [0.15, 0.2) is 0 Å². The van der Waals surface area contributed by atoms with Crippen LogP contribution in [0.3, 0.4) is 0 Å². The minimum absolute atomic E-state index is 0.161. The number of H-pyrrole nitrogens is 1. The second-order valence-electron chi connectivity index (χ2n) is 7.31. The van der Waals surface area contributed by atoms with Crippen molar-refractivity contribution >= 4 is 54.1 Å². The highest BCUT2D eigenvalue weighted by Crippen LogP contribution is 2.05. The van der Waals surface area contributed by atoms with Crippen molar-refractivity contribution in [1.29, 1.82) is 0 Å². The average Bonchev–Trinajstić information content (AvgIpc) is 3.29. The van der Waals surface area contributed by atoms with Gasteiger partial charge in [-0.05, 0) is 24.9 Å². The molecule has 8 N–H and O–H groups in total. The van der Waals surface area contributed by atoms with Crippen molar-refractivity contribution < 1.29 is 34.2 Å². The van der Waals surface area contributed by atoms with Gasteiger partial charge in [0.1, 0.15) is 18.1 Å². The van der Waals surface area contributed by atoms with Crippen LogP contribution >= 0.6 is 24.4 Å². The summed E-state index contributed by atoms with van der Waals surface area (Å²) in [5.41, 5.74) is 6.57. The third-order valence-electron chi connectivity index (χ3n) is 4.65. The molecular weight excluding hydrogens is 488 g/mol. The summed E-state index contributed by atoms with van der Waals surface area (Å²) in [5, 5.41) is 25.2. The van der Waals surface area contributed by atoms with Crippen LogP contribution in [0.2, 0.25) is 0 Å². The molecule has 0 aromatic carbocycles. The van der Waals surface area contributed by atoms with Gasteiger partial charge in [-0.1, -0.05) is 0 Å². The number of thioether (sulfide) groups is 1. The van der Waals surface area contributed by atoms with Crippen LogP contribution in [0.25, 0.3) is 0 Å². The Labute approximate surface area is 205 Å². The van der Waals surface area contributed by atoms with Crippen LogP contribution in [-0.4, -0.2) is 91.8 Å². The highest BCUT2D eigenvalue weighted by molar-refractivity contribution is 7.98. The first-order valence-corrected chi connectivity index (χ1v) is 12.3. The van der Waals surface area contributed by atoms with Crippen LogP contribution in [-0.2, 0) is 30.4 Å². The van der Waals surface area contributed by atoms with E-state index < -0.39 is 60.2 Å². The molecule has 0 saturated heterocycles. The summed E-state index contributed by atoms with van der Waals surface area (Å²) in [7, 11) is 0. The van der Waals surface area contributed by atoms with E-state index in [4.69, 9.17) is 10.8 Å². The Kier molecular flexibility index (Phi) is 13.1. The molecule has 4 atom stereocenters. The molecule has 0 aliphatic heterocycles. The Hall–Kier alpha value is -2.78. The van der Waals surface area contributed by atoms with Gasteiger partial charge >= 0.3 is 11.9 Å². The molecule has 0 aliphatic carbocycles. The lowest BCUT2D eigenvalue weighted by Crippen LogP contribution is -2.58. The monoisotopic (exact) mass is 518 g/mol. The first-order valence-electron chi connectivity index (χ1n) is 10.3. The van der Waals surface area contributed by atoms with E-state index >= 15 is 0 Å². The number of rotatable bonds is 16. The van der Waals surface area contributed by atoms with Gasteiger partial charge < -0.3 is 36.9 Å². The number of aromatic nitrogens is 2. The molecule has 34 heavy (non-hydrogen) atoms. The van der Waals surface area contributed by atoms with Gasteiger partial charge in [0, 0.05) is 30.5 Å². The van der Waals surface area contributed by atoms with Crippen molar-refractivity contribution in [1.82, 2.24) is 25.9 Å². The zero-order valence-electron chi connectivity index (χ0n) is 18.5. The van der Waals surface area contributed by atoms with Crippen molar-refractivity contribution in [2.24, 2.45) is 5.73 Å². The fourth-order valence-corrected chi connectivity index (χ4v) is 3.50. The zero-order chi connectivity index (χ0) is 25.7. The second kappa shape index (κ2) is 15.2. The number of hydrogen-bond donors (Lipinski definition) is 8. The maximum atomic E-state index is 12.8. The zero-order valence-corrected chi connectivity index (χ0v) is 20.2. The Morgan fingerprint density at radius 1 is 1.06 bits per heavy atom. The Balaban J connectivity index is 2.79. The summed E-state index contributed by atoms with van der Waals surface area (Å²) in [6, 6.07) is -4.60. The molecule has 13 nitrogen and oxygen atoms in total. The first-order chi connectivity index (χ1) is 16.1. The number of imidazole rings is 1. The number of aliphatic carboxylic acids is 2. The summed E-state index contributed by atoms with van der Waals surface area (Å²) in [6.07, 6.45) is 4.45. The molecule has 1 rings (SSSR count). The first kappa shape index (κ1) is 29.3. The quantitative estimate of drug-likeness (QED) is 0.117. The van der Waals surface area contributed by atoms with Gasteiger partial charge in [0.25, 0.3) is 0 Å². The average molecular weight is 519 g/mol. The smallest absolute Gasteiger partial charge is 0.326 e. The van der Waals surface area contributed by atoms with Crippen molar-refractivity contribution in [2.45, 2.75) is 49.9 Å². The van der Waals surface area contributed by atoms with E-state index in [0.29, 0.717) is 11.4 Å². The van der Waals surface area contributed by atoms with E-state index in [1.165, 1.54) is 24.3 Å². The molecular formula is C19H30N6O7S2. The number of nitrogens with zero attached hydrogens (tertiary/aromatic N) is 1. The van der Waals surface area contributed by atoms with Gasteiger partial charge in [0.05, 0.1) is 12.4 Å². The van der Waals surface area contributed by atoms with Gasteiger partial charge in [-0.3, -0.25) is 19.2 Å². The van der Waals surface area contributed by atoms with Crippen LogP contribution in [0, 0.1) is 0 Å². The predicted molar refractivity (Wildman–Crippen MR) is 127 cm³/mol. The van der Waals surface area contributed by atoms with Crippen LogP contribution in [0.5, 0.6) is 0 Å². The molecule has 4 unspecified atom stereocenters. The van der Waals surface area contributed by atoms with Gasteiger partial charge in [-0.15, -0.1) is 0 Å². The molecule has 1 heterocycles. The lowest BCUT2D eigenvalue weighted by molar-refractivity contribution is -0.143. The minimum atomic E-state index is -1.45. The number of carboxylic acids is 2. The third-order valence-corrected chi connectivity index (χ3v) is 5.66. The molecule has 0 fully saturated rings. The highest BCUT2D eigenvalue weighted by Gasteiger charge is 2.30. The van der Waals surface area contributed by atoms with E-state index in [1.54, 1.807) is 0 Å². The molecule has 0 bridgehead atoms. The van der Waals surface area contributed by atoms with E-state index in [1.807, 2.05) is 6.26 Å². The predicted octanol–water partition coefficient (Wildman–Crippen LogP) is -1.63. The van der Waals surface area contributed by atoms with Gasteiger partial charge in [0.2, 0.25) is 17.7 Å². The van der Waals surface area contributed by atoms with Crippen LogP contribution in [0.1, 0.15) is 25.0 Å². The third kappa shape index (κ3) is 10.4. The van der Waals surface area contributed by atoms with Crippen LogP contribution in [0.4, 0.5) is 0 Å². The lowest BCUT2D eigenvalue weighted by atomic mass is 10.1. The van der Waals surface area contributed by atoms with E-state index in [2.05, 4.69) is 38.5 Å². The topological polar surface area (TPSA) is 217 Å². The van der Waals surface area contributed by atoms with E-state index in [0.717, 1.165) is 0 Å². The van der Waals surface area contributed by atoms with Gasteiger partial charge in [-0.25, -0.2) is 9.78 Å². The molecule has 0 spiro atoms. The van der Waals surface area contributed by atoms with Crippen molar-refractivity contribution in [3.8, 4) is 0 Å². The maximum Gasteiger partial charge on any atom is 0.326 e. The number of nitrogens with one attached hydrogen (secondary N) is 4. The molecule has 0 aliphatic rings. The number of thiol groups is 1. The highest BCUT2D eigenvalue weighted by atomic mass is 32.2. The molecule has 190 valence electrons.